The van der Waals surface area contributed by atoms with Crippen molar-refractivity contribution in [2.75, 3.05) is 26.7 Å². The summed E-state index contributed by atoms with van der Waals surface area (Å²) in [6.07, 6.45) is 5.47. The minimum atomic E-state index is -0.0287. The molecule has 0 atom stereocenters. The van der Waals surface area contributed by atoms with Gasteiger partial charge in [-0.2, -0.15) is 5.10 Å². The summed E-state index contributed by atoms with van der Waals surface area (Å²) in [6, 6.07) is 10.2. The van der Waals surface area contributed by atoms with Crippen molar-refractivity contribution in [2.45, 2.75) is 19.8 Å². The Kier molecular flexibility index (Phi) is 7.49. The number of amides is 1. The lowest BCUT2D eigenvalue weighted by Gasteiger charge is -2.12. The Hall–Kier alpha value is -2.83. The predicted molar refractivity (Wildman–Crippen MR) is 99.9 cm³/mol. The summed E-state index contributed by atoms with van der Waals surface area (Å²) in [7, 11) is 1.69. The molecule has 134 valence electrons. The molecule has 7 nitrogen and oxygen atoms in total. The van der Waals surface area contributed by atoms with Crippen LogP contribution in [0.4, 0.5) is 0 Å². The molecule has 0 saturated carbocycles. The van der Waals surface area contributed by atoms with Crippen molar-refractivity contribution in [3.8, 4) is 5.69 Å². The SMILES string of the molecule is CCCNC(=O)CNC(=NC)NCCc1ccc(-n2cccn2)cc1. The molecule has 3 N–H and O–H groups in total. The van der Waals surface area contributed by atoms with Crippen molar-refractivity contribution < 1.29 is 4.79 Å². The van der Waals surface area contributed by atoms with Crippen molar-refractivity contribution in [3.05, 3.63) is 48.3 Å². The molecular formula is C18H26N6O. The van der Waals surface area contributed by atoms with Gasteiger partial charge < -0.3 is 16.0 Å². The van der Waals surface area contributed by atoms with Crippen LogP contribution in [-0.4, -0.2) is 48.3 Å². The smallest absolute Gasteiger partial charge is 0.239 e. The molecule has 1 aromatic heterocycles. The highest BCUT2D eigenvalue weighted by molar-refractivity contribution is 5.86. The second kappa shape index (κ2) is 10.1. The number of aromatic nitrogens is 2. The van der Waals surface area contributed by atoms with Gasteiger partial charge in [0.05, 0.1) is 12.2 Å². The largest absolute Gasteiger partial charge is 0.356 e. The molecule has 1 heterocycles. The van der Waals surface area contributed by atoms with Gasteiger partial charge in [-0.15, -0.1) is 0 Å². The number of hydrogen-bond acceptors (Lipinski definition) is 3. The Morgan fingerprint density at radius 1 is 1.16 bits per heavy atom. The Morgan fingerprint density at radius 3 is 2.60 bits per heavy atom. The lowest BCUT2D eigenvalue weighted by atomic mass is 10.1. The van der Waals surface area contributed by atoms with Crippen LogP contribution in [0, 0.1) is 0 Å². The van der Waals surface area contributed by atoms with E-state index in [1.807, 2.05) is 36.0 Å². The first-order valence-electron chi connectivity index (χ1n) is 8.53. The third kappa shape index (κ3) is 6.29. The molecule has 0 unspecified atom stereocenters. The Balaban J connectivity index is 1.72. The maximum absolute atomic E-state index is 11.6. The maximum atomic E-state index is 11.6. The van der Waals surface area contributed by atoms with Gasteiger partial charge in [0, 0.05) is 32.5 Å². The average Bonchev–Trinajstić information content (AvgIpc) is 3.18. The molecule has 0 fully saturated rings. The molecule has 0 aliphatic heterocycles. The van der Waals surface area contributed by atoms with Gasteiger partial charge in [0.1, 0.15) is 0 Å². The highest BCUT2D eigenvalue weighted by atomic mass is 16.1. The number of nitrogens with zero attached hydrogens (tertiary/aromatic N) is 3. The fourth-order valence-electron chi connectivity index (χ4n) is 2.27. The molecule has 2 rings (SSSR count). The van der Waals surface area contributed by atoms with Crippen molar-refractivity contribution in [1.82, 2.24) is 25.7 Å². The fraction of sp³-hybridized carbons (Fsp3) is 0.389. The minimum absolute atomic E-state index is 0.0287. The Bertz CT molecular complexity index is 663. The summed E-state index contributed by atoms with van der Waals surface area (Å²) in [5.41, 5.74) is 2.26. The van der Waals surface area contributed by atoms with Crippen molar-refractivity contribution in [3.63, 3.8) is 0 Å². The first-order valence-corrected chi connectivity index (χ1v) is 8.53. The molecule has 0 bridgehead atoms. The van der Waals surface area contributed by atoms with E-state index in [0.717, 1.165) is 25.1 Å². The van der Waals surface area contributed by atoms with E-state index in [2.05, 4.69) is 38.2 Å². The van der Waals surface area contributed by atoms with Gasteiger partial charge >= 0.3 is 0 Å². The van der Waals surface area contributed by atoms with Gasteiger partial charge in [-0.3, -0.25) is 9.79 Å². The lowest BCUT2D eigenvalue weighted by molar-refractivity contribution is -0.120. The van der Waals surface area contributed by atoms with Crippen LogP contribution in [0.25, 0.3) is 5.69 Å². The normalized spacial score (nSPS) is 11.2. The van der Waals surface area contributed by atoms with Crippen LogP contribution in [-0.2, 0) is 11.2 Å². The summed E-state index contributed by atoms with van der Waals surface area (Å²) in [6.45, 7) is 3.67. The minimum Gasteiger partial charge on any atom is -0.356 e. The molecule has 0 saturated heterocycles. The van der Waals surface area contributed by atoms with E-state index >= 15 is 0 Å². The second-order valence-electron chi connectivity index (χ2n) is 5.57. The molecular weight excluding hydrogens is 316 g/mol. The van der Waals surface area contributed by atoms with Gasteiger partial charge in [-0.05, 0) is 36.6 Å². The topological polar surface area (TPSA) is 83.3 Å². The molecule has 0 radical (unpaired) electrons. The summed E-state index contributed by atoms with van der Waals surface area (Å²) in [4.78, 5) is 15.7. The Labute approximate surface area is 148 Å². The summed E-state index contributed by atoms with van der Waals surface area (Å²) >= 11 is 0. The molecule has 0 aliphatic rings. The van der Waals surface area contributed by atoms with E-state index in [1.54, 1.807) is 13.2 Å². The molecule has 1 aromatic carbocycles. The number of rotatable bonds is 8. The van der Waals surface area contributed by atoms with Crippen LogP contribution < -0.4 is 16.0 Å². The fourth-order valence-corrected chi connectivity index (χ4v) is 2.27. The number of hydrogen-bond donors (Lipinski definition) is 3. The van der Waals surface area contributed by atoms with E-state index in [1.165, 1.54) is 5.56 Å². The standard InChI is InChI=1S/C18H26N6O/c1-3-10-20-17(25)14-22-18(19-2)21-12-9-15-5-7-16(8-6-15)24-13-4-11-23-24/h4-8,11,13H,3,9-10,12,14H2,1-2H3,(H,20,25)(H2,19,21,22). The van der Waals surface area contributed by atoms with E-state index in [4.69, 9.17) is 0 Å². The van der Waals surface area contributed by atoms with Crippen LogP contribution in [0.2, 0.25) is 0 Å². The Morgan fingerprint density at radius 2 is 1.96 bits per heavy atom. The quantitative estimate of drug-likeness (QED) is 0.496. The molecule has 1 amide bonds. The highest BCUT2D eigenvalue weighted by Crippen LogP contribution is 2.08. The van der Waals surface area contributed by atoms with Crippen LogP contribution in [0.5, 0.6) is 0 Å². The van der Waals surface area contributed by atoms with Crippen molar-refractivity contribution in [2.24, 2.45) is 4.99 Å². The average molecular weight is 342 g/mol. The van der Waals surface area contributed by atoms with Crippen LogP contribution in [0.3, 0.4) is 0 Å². The molecule has 0 spiro atoms. The van der Waals surface area contributed by atoms with Crippen LogP contribution in [0.1, 0.15) is 18.9 Å². The van der Waals surface area contributed by atoms with Gasteiger partial charge in [-0.25, -0.2) is 4.68 Å². The lowest BCUT2D eigenvalue weighted by Crippen LogP contribution is -2.43. The number of carbonyl (C=O) groups excluding carboxylic acids is 1. The van der Waals surface area contributed by atoms with E-state index in [-0.39, 0.29) is 12.5 Å². The number of guanidine groups is 1. The van der Waals surface area contributed by atoms with Gasteiger partial charge in [0.2, 0.25) is 5.91 Å². The zero-order valence-corrected chi connectivity index (χ0v) is 14.8. The summed E-state index contributed by atoms with van der Waals surface area (Å²) < 4.78 is 1.83. The number of aliphatic imine (C=N–C) groups is 1. The predicted octanol–water partition coefficient (Wildman–Crippen LogP) is 1.11. The van der Waals surface area contributed by atoms with E-state index in [9.17, 15) is 4.79 Å². The molecule has 7 heteroatoms. The molecule has 25 heavy (non-hydrogen) atoms. The third-order valence-electron chi connectivity index (χ3n) is 3.62. The first kappa shape index (κ1) is 18.5. The maximum Gasteiger partial charge on any atom is 0.239 e. The van der Waals surface area contributed by atoms with Gasteiger partial charge in [0.25, 0.3) is 0 Å². The van der Waals surface area contributed by atoms with E-state index in [0.29, 0.717) is 12.5 Å². The van der Waals surface area contributed by atoms with Crippen molar-refractivity contribution >= 4 is 11.9 Å². The summed E-state index contributed by atoms with van der Waals surface area (Å²) in [5.74, 6) is 0.596. The van der Waals surface area contributed by atoms with Crippen LogP contribution in [0.15, 0.2) is 47.7 Å². The second-order valence-corrected chi connectivity index (χ2v) is 5.57. The zero-order valence-electron chi connectivity index (χ0n) is 14.8. The van der Waals surface area contributed by atoms with Gasteiger partial charge in [0.15, 0.2) is 5.96 Å². The summed E-state index contributed by atoms with van der Waals surface area (Å²) in [5, 5.41) is 13.3. The van der Waals surface area contributed by atoms with Gasteiger partial charge in [-0.1, -0.05) is 19.1 Å². The van der Waals surface area contributed by atoms with Crippen molar-refractivity contribution in [1.29, 1.82) is 0 Å². The third-order valence-corrected chi connectivity index (χ3v) is 3.62. The number of benzene rings is 1. The highest BCUT2D eigenvalue weighted by Gasteiger charge is 2.03. The molecule has 2 aromatic rings. The van der Waals surface area contributed by atoms with E-state index < -0.39 is 0 Å². The molecule has 0 aliphatic carbocycles. The van der Waals surface area contributed by atoms with Crippen LogP contribution >= 0.6 is 0 Å². The number of nitrogens with one attached hydrogen (secondary N) is 3. The zero-order chi connectivity index (χ0) is 17.9. The first-order chi connectivity index (χ1) is 12.2. The monoisotopic (exact) mass is 342 g/mol. The number of carbonyl (C=O) groups is 1.